The second kappa shape index (κ2) is 5.80. The molecule has 0 aromatic carbocycles. The Morgan fingerprint density at radius 3 is 2.53 bits per heavy atom. The molecule has 3 N–H and O–H groups in total. The van der Waals surface area contributed by atoms with Crippen molar-refractivity contribution in [3.05, 3.63) is 0 Å². The van der Waals surface area contributed by atoms with Crippen molar-refractivity contribution in [2.75, 3.05) is 6.54 Å². The Kier molecular flexibility index (Phi) is 4.82. The third-order valence-electron chi connectivity index (χ3n) is 4.71. The predicted molar refractivity (Wildman–Crippen MR) is 75.9 cm³/mol. The van der Waals surface area contributed by atoms with Gasteiger partial charge in [-0.15, -0.1) is 0 Å². The van der Waals surface area contributed by atoms with E-state index in [0.29, 0.717) is 18.3 Å². The molecule has 0 aromatic rings. The van der Waals surface area contributed by atoms with E-state index in [1.54, 1.807) is 6.92 Å². The molecule has 1 aliphatic heterocycles. The molecule has 5 nitrogen and oxygen atoms in total. The summed E-state index contributed by atoms with van der Waals surface area (Å²) in [7, 11) is 0. The minimum absolute atomic E-state index is 0.00178. The van der Waals surface area contributed by atoms with Gasteiger partial charge in [-0.3, -0.25) is 4.79 Å². The first kappa shape index (κ1) is 15.8. The third kappa shape index (κ3) is 2.85. The van der Waals surface area contributed by atoms with Crippen LogP contribution >= 0.6 is 0 Å². The summed E-state index contributed by atoms with van der Waals surface area (Å²) < 4.78 is 0. The summed E-state index contributed by atoms with van der Waals surface area (Å²) in [6.45, 7) is 10.8. The van der Waals surface area contributed by atoms with Gasteiger partial charge in [-0.2, -0.15) is 0 Å². The van der Waals surface area contributed by atoms with Crippen LogP contribution in [0.1, 0.15) is 47.5 Å². The van der Waals surface area contributed by atoms with E-state index < -0.39 is 5.41 Å². The minimum atomic E-state index is -0.917. The number of piperidine rings is 1. The van der Waals surface area contributed by atoms with Gasteiger partial charge in [0.2, 0.25) is 5.91 Å². The van der Waals surface area contributed by atoms with E-state index in [9.17, 15) is 4.79 Å². The first-order valence-corrected chi connectivity index (χ1v) is 7.07. The van der Waals surface area contributed by atoms with Crippen molar-refractivity contribution in [1.29, 1.82) is 0 Å². The van der Waals surface area contributed by atoms with Crippen molar-refractivity contribution < 1.29 is 10.0 Å². The summed E-state index contributed by atoms with van der Waals surface area (Å²) in [5, 5.41) is 12.0. The van der Waals surface area contributed by atoms with Crippen molar-refractivity contribution in [1.82, 2.24) is 4.90 Å². The SMILES string of the molecule is CCC(C)(C(=O)N1CC(C)CC(C)C1C)C(N)=NO. The smallest absolute Gasteiger partial charge is 0.236 e. The number of amidine groups is 1. The topological polar surface area (TPSA) is 78.9 Å². The number of nitrogens with two attached hydrogens (primary N) is 1. The quantitative estimate of drug-likeness (QED) is 0.356. The summed E-state index contributed by atoms with van der Waals surface area (Å²) in [6, 6.07) is 0.195. The molecule has 0 aliphatic carbocycles. The Morgan fingerprint density at radius 1 is 1.47 bits per heavy atom. The van der Waals surface area contributed by atoms with Crippen LogP contribution in [0.2, 0.25) is 0 Å². The Labute approximate surface area is 115 Å². The first-order valence-electron chi connectivity index (χ1n) is 7.07. The fraction of sp³-hybridized carbons (Fsp3) is 0.857. The summed E-state index contributed by atoms with van der Waals surface area (Å²) in [5.74, 6) is 0.930. The van der Waals surface area contributed by atoms with Crippen LogP contribution in [0.15, 0.2) is 5.16 Å². The van der Waals surface area contributed by atoms with Gasteiger partial charge >= 0.3 is 0 Å². The molecule has 0 aromatic heterocycles. The molecule has 4 unspecified atom stereocenters. The maximum absolute atomic E-state index is 12.8. The van der Waals surface area contributed by atoms with Crippen LogP contribution in [-0.4, -0.2) is 34.4 Å². The van der Waals surface area contributed by atoms with Gasteiger partial charge in [0, 0.05) is 12.6 Å². The lowest BCUT2D eigenvalue weighted by Gasteiger charge is -2.44. The molecule has 0 saturated carbocycles. The van der Waals surface area contributed by atoms with Crippen LogP contribution in [0.4, 0.5) is 0 Å². The molecular formula is C14H27N3O2. The van der Waals surface area contributed by atoms with E-state index >= 15 is 0 Å². The number of hydrogen-bond donors (Lipinski definition) is 2. The van der Waals surface area contributed by atoms with Gasteiger partial charge in [-0.1, -0.05) is 25.9 Å². The Bertz CT molecular complexity index is 370. The van der Waals surface area contributed by atoms with Gasteiger partial charge in [0.05, 0.1) is 0 Å². The fourth-order valence-electron chi connectivity index (χ4n) is 2.85. The molecule has 0 bridgehead atoms. The molecule has 4 atom stereocenters. The first-order chi connectivity index (χ1) is 8.77. The van der Waals surface area contributed by atoms with Gasteiger partial charge in [0.15, 0.2) is 5.84 Å². The van der Waals surface area contributed by atoms with Crippen LogP contribution in [-0.2, 0) is 4.79 Å². The molecule has 1 saturated heterocycles. The summed E-state index contributed by atoms with van der Waals surface area (Å²) in [4.78, 5) is 14.7. The summed E-state index contributed by atoms with van der Waals surface area (Å²) >= 11 is 0. The van der Waals surface area contributed by atoms with Crippen molar-refractivity contribution in [2.24, 2.45) is 28.1 Å². The van der Waals surface area contributed by atoms with Crippen molar-refractivity contribution >= 4 is 11.7 Å². The number of nitrogens with zero attached hydrogens (tertiary/aromatic N) is 2. The van der Waals surface area contributed by atoms with Crippen molar-refractivity contribution in [3.63, 3.8) is 0 Å². The summed E-state index contributed by atoms with van der Waals surface area (Å²) in [6.07, 6.45) is 1.66. The molecule has 1 rings (SSSR count). The lowest BCUT2D eigenvalue weighted by atomic mass is 9.80. The molecule has 19 heavy (non-hydrogen) atoms. The molecule has 5 heteroatoms. The van der Waals surface area contributed by atoms with Crippen LogP contribution in [0.3, 0.4) is 0 Å². The molecule has 0 radical (unpaired) electrons. The van der Waals surface area contributed by atoms with Crippen LogP contribution in [0.5, 0.6) is 0 Å². The number of oxime groups is 1. The highest BCUT2D eigenvalue weighted by atomic mass is 16.4. The molecule has 1 aliphatic rings. The largest absolute Gasteiger partial charge is 0.409 e. The van der Waals surface area contributed by atoms with Gasteiger partial charge in [0.25, 0.3) is 0 Å². The second-order valence-electron chi connectivity index (χ2n) is 6.19. The molecule has 1 heterocycles. The highest BCUT2D eigenvalue weighted by Crippen LogP contribution is 2.32. The maximum Gasteiger partial charge on any atom is 0.236 e. The van der Waals surface area contributed by atoms with E-state index in [0.717, 1.165) is 13.0 Å². The number of carbonyl (C=O) groups is 1. The molecule has 0 spiro atoms. The molecule has 1 fully saturated rings. The fourth-order valence-corrected chi connectivity index (χ4v) is 2.85. The second-order valence-corrected chi connectivity index (χ2v) is 6.19. The van der Waals surface area contributed by atoms with Crippen LogP contribution < -0.4 is 5.73 Å². The van der Waals surface area contributed by atoms with E-state index in [4.69, 9.17) is 10.9 Å². The molecular weight excluding hydrogens is 242 g/mol. The van der Waals surface area contributed by atoms with Crippen LogP contribution in [0, 0.1) is 17.3 Å². The predicted octanol–water partition coefficient (Wildman–Crippen LogP) is 2.04. The normalized spacial score (nSPS) is 31.9. The number of rotatable bonds is 3. The number of likely N-dealkylation sites (tertiary alicyclic amines) is 1. The molecule has 110 valence electrons. The zero-order valence-corrected chi connectivity index (χ0v) is 12.7. The zero-order valence-electron chi connectivity index (χ0n) is 12.7. The van der Waals surface area contributed by atoms with E-state index in [2.05, 4.69) is 25.9 Å². The van der Waals surface area contributed by atoms with Crippen molar-refractivity contribution in [3.8, 4) is 0 Å². The average Bonchev–Trinajstić information content (AvgIpc) is 2.39. The van der Waals surface area contributed by atoms with E-state index in [-0.39, 0.29) is 17.8 Å². The number of carbonyl (C=O) groups excluding carboxylic acids is 1. The van der Waals surface area contributed by atoms with Gasteiger partial charge in [-0.05, 0) is 38.5 Å². The molecule has 1 amide bonds. The minimum Gasteiger partial charge on any atom is -0.409 e. The highest BCUT2D eigenvalue weighted by molar-refractivity contribution is 6.06. The Balaban J connectivity index is 3.03. The maximum atomic E-state index is 12.8. The van der Waals surface area contributed by atoms with Gasteiger partial charge in [-0.25, -0.2) is 0 Å². The number of hydrogen-bond acceptors (Lipinski definition) is 3. The Hall–Kier alpha value is -1.26. The average molecular weight is 269 g/mol. The van der Waals surface area contributed by atoms with E-state index in [1.807, 2.05) is 11.8 Å². The number of amides is 1. The zero-order chi connectivity index (χ0) is 14.8. The van der Waals surface area contributed by atoms with E-state index in [1.165, 1.54) is 0 Å². The standard InChI is InChI=1S/C14H27N3O2/c1-6-14(5,12(15)16-19)13(18)17-8-9(2)7-10(3)11(17)4/h9-11,19H,6-8H2,1-5H3,(H2,15,16). The lowest BCUT2D eigenvalue weighted by molar-refractivity contribution is -0.144. The van der Waals surface area contributed by atoms with Gasteiger partial charge < -0.3 is 15.8 Å². The summed E-state index contributed by atoms with van der Waals surface area (Å²) in [5.41, 5.74) is 4.82. The van der Waals surface area contributed by atoms with Crippen molar-refractivity contribution in [2.45, 2.75) is 53.5 Å². The monoisotopic (exact) mass is 269 g/mol. The third-order valence-corrected chi connectivity index (χ3v) is 4.71. The lowest BCUT2D eigenvalue weighted by Crippen LogP contribution is -2.56. The van der Waals surface area contributed by atoms with Crippen LogP contribution in [0.25, 0.3) is 0 Å². The highest BCUT2D eigenvalue weighted by Gasteiger charge is 2.43. The van der Waals surface area contributed by atoms with Gasteiger partial charge in [0.1, 0.15) is 5.41 Å². The Morgan fingerprint density at radius 2 is 2.05 bits per heavy atom.